The maximum Gasteiger partial charge on any atom is 0.273 e. The van der Waals surface area contributed by atoms with E-state index in [9.17, 15) is 14.9 Å². The summed E-state index contributed by atoms with van der Waals surface area (Å²) in [5.74, 6) is 0.191. The van der Waals surface area contributed by atoms with Crippen molar-refractivity contribution in [1.82, 2.24) is 20.4 Å². The van der Waals surface area contributed by atoms with Crippen molar-refractivity contribution in [2.75, 3.05) is 19.6 Å². The number of H-pyrrole nitrogens is 1. The number of hydrogen-bond acceptors (Lipinski definition) is 4. The smallest absolute Gasteiger partial charge is 0.273 e. The predicted molar refractivity (Wildman–Crippen MR) is 99.0 cm³/mol. The van der Waals surface area contributed by atoms with E-state index in [2.05, 4.69) is 21.6 Å². The van der Waals surface area contributed by atoms with E-state index in [1.807, 2.05) is 12.2 Å². The highest BCUT2D eigenvalue weighted by molar-refractivity contribution is 6.34. The average molecular weight is 388 g/mol. The minimum absolute atomic E-state index is 0.0896. The summed E-state index contributed by atoms with van der Waals surface area (Å²) in [6.07, 6.45) is 7.74. The molecular formula is C19H22ClN5O2. The fourth-order valence-corrected chi connectivity index (χ4v) is 4.23. The highest BCUT2D eigenvalue weighted by Crippen LogP contribution is 2.42. The molecule has 2 aliphatic carbocycles. The van der Waals surface area contributed by atoms with E-state index in [1.54, 1.807) is 4.90 Å². The van der Waals surface area contributed by atoms with Crippen molar-refractivity contribution in [1.29, 1.82) is 5.26 Å². The minimum atomic E-state index is -0.931. The van der Waals surface area contributed by atoms with Gasteiger partial charge in [0.15, 0.2) is 5.69 Å². The van der Waals surface area contributed by atoms with Crippen LogP contribution >= 0.6 is 11.6 Å². The highest BCUT2D eigenvalue weighted by atomic mass is 35.5. The molecule has 27 heavy (non-hydrogen) atoms. The molecule has 0 aromatic carbocycles. The third kappa shape index (κ3) is 3.34. The first kappa shape index (κ1) is 18.1. The SMILES string of the molecule is N#CC1(C(=O)N2CC[C@H](CNC(=O)c3n[nH]c(C4CC4)c3Cl)C2)CC=CC1. The second kappa shape index (κ2) is 7.01. The van der Waals surface area contributed by atoms with Gasteiger partial charge in [-0.25, -0.2) is 0 Å². The Bertz CT molecular complexity index is 828. The lowest BCUT2D eigenvalue weighted by Gasteiger charge is -2.26. The largest absolute Gasteiger partial charge is 0.350 e. The fraction of sp³-hybridized carbons (Fsp3) is 0.579. The van der Waals surface area contributed by atoms with Gasteiger partial charge >= 0.3 is 0 Å². The number of nitrogens with one attached hydrogen (secondary N) is 2. The molecular weight excluding hydrogens is 366 g/mol. The zero-order chi connectivity index (χ0) is 19.0. The number of aromatic amines is 1. The summed E-state index contributed by atoms with van der Waals surface area (Å²) in [4.78, 5) is 26.9. The summed E-state index contributed by atoms with van der Waals surface area (Å²) in [5, 5.41) is 19.7. The number of aromatic nitrogens is 2. The summed E-state index contributed by atoms with van der Waals surface area (Å²) in [6, 6.07) is 2.21. The molecule has 3 aliphatic rings. The van der Waals surface area contributed by atoms with E-state index in [0.717, 1.165) is 25.0 Å². The Labute approximate surface area is 162 Å². The van der Waals surface area contributed by atoms with Crippen molar-refractivity contribution >= 4 is 23.4 Å². The van der Waals surface area contributed by atoms with Crippen molar-refractivity contribution in [3.63, 3.8) is 0 Å². The number of allylic oxidation sites excluding steroid dienone is 2. The van der Waals surface area contributed by atoms with Gasteiger partial charge in [0.25, 0.3) is 5.91 Å². The van der Waals surface area contributed by atoms with Crippen LogP contribution in [0.4, 0.5) is 0 Å². The third-order valence-electron chi connectivity index (χ3n) is 5.78. The number of nitrogens with zero attached hydrogens (tertiary/aromatic N) is 3. The molecule has 8 heteroatoms. The molecule has 2 fully saturated rings. The van der Waals surface area contributed by atoms with Gasteiger partial charge in [0.05, 0.1) is 16.8 Å². The van der Waals surface area contributed by atoms with Crippen LogP contribution in [0.5, 0.6) is 0 Å². The molecule has 142 valence electrons. The number of halogens is 1. The van der Waals surface area contributed by atoms with Crippen molar-refractivity contribution in [3.8, 4) is 6.07 Å². The predicted octanol–water partition coefficient (Wildman–Crippen LogP) is 2.38. The van der Waals surface area contributed by atoms with Crippen LogP contribution < -0.4 is 5.32 Å². The Balaban J connectivity index is 1.31. The van der Waals surface area contributed by atoms with Crippen LogP contribution in [0.3, 0.4) is 0 Å². The molecule has 1 aliphatic heterocycles. The first-order valence-corrected chi connectivity index (χ1v) is 9.79. The van der Waals surface area contributed by atoms with E-state index in [4.69, 9.17) is 11.6 Å². The summed E-state index contributed by atoms with van der Waals surface area (Å²) in [7, 11) is 0. The van der Waals surface area contributed by atoms with Gasteiger partial charge < -0.3 is 10.2 Å². The standard InChI is InChI=1S/C19H22ClN5O2/c20-14-15(13-3-4-13)23-24-16(14)17(26)22-9-12-5-8-25(10-12)18(27)19(11-21)6-1-2-7-19/h1-2,12-13H,3-10H2,(H,22,26)(H,23,24)/t12-/m1/s1. The Morgan fingerprint density at radius 1 is 1.37 bits per heavy atom. The molecule has 1 saturated heterocycles. The molecule has 1 saturated carbocycles. The number of hydrogen-bond donors (Lipinski definition) is 2. The Kier molecular flexibility index (Phi) is 4.68. The summed E-state index contributed by atoms with van der Waals surface area (Å²) < 4.78 is 0. The average Bonchev–Trinajstić information content (AvgIpc) is 3.10. The van der Waals surface area contributed by atoms with Crippen molar-refractivity contribution in [3.05, 3.63) is 28.6 Å². The lowest BCUT2D eigenvalue weighted by atomic mass is 9.85. The number of carbonyl (C=O) groups excluding carboxylic acids is 2. The van der Waals surface area contributed by atoms with E-state index < -0.39 is 5.41 Å². The summed E-state index contributed by atoms with van der Waals surface area (Å²) in [5.41, 5.74) is 0.163. The minimum Gasteiger partial charge on any atom is -0.350 e. The van der Waals surface area contributed by atoms with E-state index >= 15 is 0 Å². The second-order valence-electron chi connectivity index (χ2n) is 7.76. The van der Waals surface area contributed by atoms with Crippen LogP contribution in [0.2, 0.25) is 5.02 Å². The van der Waals surface area contributed by atoms with Gasteiger partial charge in [-0.15, -0.1) is 0 Å². The molecule has 1 atom stereocenters. The van der Waals surface area contributed by atoms with Gasteiger partial charge in [0.2, 0.25) is 5.91 Å². The van der Waals surface area contributed by atoms with Crippen LogP contribution in [0.15, 0.2) is 12.2 Å². The molecule has 2 heterocycles. The molecule has 0 unspecified atom stereocenters. The Morgan fingerprint density at radius 2 is 2.11 bits per heavy atom. The number of amides is 2. The highest BCUT2D eigenvalue weighted by Gasteiger charge is 2.43. The van der Waals surface area contributed by atoms with Gasteiger partial charge in [-0.05, 0) is 38.0 Å². The third-order valence-corrected chi connectivity index (χ3v) is 6.16. The van der Waals surface area contributed by atoms with Gasteiger partial charge in [-0.3, -0.25) is 14.7 Å². The van der Waals surface area contributed by atoms with Gasteiger partial charge in [-0.1, -0.05) is 23.8 Å². The molecule has 7 nitrogen and oxygen atoms in total. The van der Waals surface area contributed by atoms with Crippen molar-refractivity contribution in [2.24, 2.45) is 11.3 Å². The molecule has 2 amide bonds. The number of rotatable bonds is 5. The Hall–Kier alpha value is -2.33. The number of nitriles is 1. The monoisotopic (exact) mass is 387 g/mol. The Morgan fingerprint density at radius 3 is 2.78 bits per heavy atom. The molecule has 0 radical (unpaired) electrons. The lowest BCUT2D eigenvalue weighted by molar-refractivity contribution is -0.137. The molecule has 0 spiro atoms. The van der Waals surface area contributed by atoms with E-state index in [0.29, 0.717) is 43.4 Å². The van der Waals surface area contributed by atoms with E-state index in [-0.39, 0.29) is 23.4 Å². The van der Waals surface area contributed by atoms with Crippen LogP contribution in [-0.4, -0.2) is 46.5 Å². The van der Waals surface area contributed by atoms with Crippen LogP contribution in [0, 0.1) is 22.7 Å². The number of carbonyl (C=O) groups is 2. The van der Waals surface area contributed by atoms with Crippen molar-refractivity contribution < 1.29 is 9.59 Å². The quantitative estimate of drug-likeness (QED) is 0.757. The maximum atomic E-state index is 12.8. The number of likely N-dealkylation sites (tertiary alicyclic amines) is 1. The summed E-state index contributed by atoms with van der Waals surface area (Å²) in [6.45, 7) is 1.64. The van der Waals surface area contributed by atoms with Crippen molar-refractivity contribution in [2.45, 2.75) is 38.0 Å². The maximum absolute atomic E-state index is 12.8. The van der Waals surface area contributed by atoms with Gasteiger partial charge in [0.1, 0.15) is 5.41 Å². The molecule has 2 N–H and O–H groups in total. The normalized spacial score (nSPS) is 23.4. The molecule has 1 aromatic rings. The van der Waals surface area contributed by atoms with Crippen LogP contribution in [0.1, 0.15) is 54.2 Å². The van der Waals surface area contributed by atoms with Gasteiger partial charge in [-0.2, -0.15) is 10.4 Å². The first-order valence-electron chi connectivity index (χ1n) is 9.41. The van der Waals surface area contributed by atoms with E-state index in [1.165, 1.54) is 0 Å². The molecule has 4 rings (SSSR count). The van der Waals surface area contributed by atoms with Crippen LogP contribution in [0.25, 0.3) is 0 Å². The fourth-order valence-electron chi connectivity index (χ4n) is 3.91. The second-order valence-corrected chi connectivity index (χ2v) is 8.14. The summed E-state index contributed by atoms with van der Waals surface area (Å²) >= 11 is 6.27. The van der Waals surface area contributed by atoms with Crippen LogP contribution in [-0.2, 0) is 4.79 Å². The topological polar surface area (TPSA) is 102 Å². The first-order chi connectivity index (χ1) is 13.0. The zero-order valence-electron chi connectivity index (χ0n) is 15.0. The van der Waals surface area contributed by atoms with Gasteiger partial charge in [0, 0.05) is 25.6 Å². The zero-order valence-corrected chi connectivity index (χ0v) is 15.8. The lowest BCUT2D eigenvalue weighted by Crippen LogP contribution is -2.41. The molecule has 0 bridgehead atoms. The molecule has 1 aromatic heterocycles.